The summed E-state index contributed by atoms with van der Waals surface area (Å²) in [5.74, 6) is 0.273. The van der Waals surface area contributed by atoms with Gasteiger partial charge in [-0.2, -0.15) is 4.31 Å². The van der Waals surface area contributed by atoms with Crippen molar-refractivity contribution in [1.29, 1.82) is 0 Å². The van der Waals surface area contributed by atoms with Crippen molar-refractivity contribution in [3.05, 3.63) is 0 Å². The Morgan fingerprint density at radius 1 is 1.11 bits per heavy atom. The normalized spacial score (nSPS) is 25.8. The lowest BCUT2D eigenvalue weighted by atomic mass is 9.94. The molecule has 1 saturated heterocycles. The van der Waals surface area contributed by atoms with Crippen molar-refractivity contribution in [2.75, 3.05) is 38.5 Å². The van der Waals surface area contributed by atoms with E-state index in [1.165, 1.54) is 25.7 Å². The maximum absolute atomic E-state index is 12.0. The van der Waals surface area contributed by atoms with Crippen LogP contribution in [0.1, 0.15) is 39.0 Å². The second-order valence-corrected chi connectivity index (χ2v) is 7.93. The molecule has 2 rings (SSSR count). The summed E-state index contributed by atoms with van der Waals surface area (Å²) in [6, 6.07) is 0. The molecule has 2 fully saturated rings. The molecule has 0 bridgehead atoms. The molecule has 0 spiro atoms. The molecule has 1 aliphatic carbocycles. The molecular weight excluding hydrogens is 262 g/mol. The van der Waals surface area contributed by atoms with Gasteiger partial charge in [-0.3, -0.25) is 4.90 Å². The lowest BCUT2D eigenvalue weighted by molar-refractivity contribution is 0.0634. The standard InChI is InChI=1S/C13H27N3O2S/c1-2-11-19(17,18)16-9-7-15(8-10-16)13(12-14)5-3-4-6-13/h2-12,14H2,1H3. The lowest BCUT2D eigenvalue weighted by Gasteiger charge is -2.45. The number of rotatable bonds is 5. The molecule has 1 saturated carbocycles. The van der Waals surface area contributed by atoms with Gasteiger partial charge in [0.1, 0.15) is 0 Å². The molecule has 1 heterocycles. The minimum atomic E-state index is -3.03. The fourth-order valence-corrected chi connectivity index (χ4v) is 5.00. The van der Waals surface area contributed by atoms with Gasteiger partial charge in [0.2, 0.25) is 10.0 Å². The average molecular weight is 289 g/mol. The van der Waals surface area contributed by atoms with Crippen molar-refractivity contribution >= 4 is 10.0 Å². The van der Waals surface area contributed by atoms with Crippen LogP contribution in [0.4, 0.5) is 0 Å². The van der Waals surface area contributed by atoms with Crippen LogP contribution in [0.5, 0.6) is 0 Å². The Hall–Kier alpha value is -0.170. The molecule has 1 aliphatic heterocycles. The molecule has 0 amide bonds. The zero-order valence-electron chi connectivity index (χ0n) is 12.0. The third-order valence-corrected chi connectivity index (χ3v) is 6.76. The topological polar surface area (TPSA) is 66.6 Å². The van der Waals surface area contributed by atoms with E-state index in [0.717, 1.165) is 13.1 Å². The van der Waals surface area contributed by atoms with Gasteiger partial charge in [0, 0.05) is 38.3 Å². The second-order valence-electron chi connectivity index (χ2n) is 5.84. The molecule has 0 unspecified atom stereocenters. The van der Waals surface area contributed by atoms with Crippen LogP contribution in [0.25, 0.3) is 0 Å². The Bertz CT molecular complexity index is 383. The van der Waals surface area contributed by atoms with E-state index in [4.69, 9.17) is 5.73 Å². The highest BCUT2D eigenvalue weighted by atomic mass is 32.2. The molecule has 112 valence electrons. The number of piperazine rings is 1. The van der Waals surface area contributed by atoms with Crippen LogP contribution in [0.3, 0.4) is 0 Å². The molecule has 0 atom stereocenters. The first-order chi connectivity index (χ1) is 9.04. The van der Waals surface area contributed by atoms with Gasteiger partial charge in [-0.25, -0.2) is 8.42 Å². The van der Waals surface area contributed by atoms with Crippen LogP contribution in [-0.4, -0.2) is 61.6 Å². The fraction of sp³-hybridized carbons (Fsp3) is 1.00. The van der Waals surface area contributed by atoms with E-state index >= 15 is 0 Å². The summed E-state index contributed by atoms with van der Waals surface area (Å²) < 4.78 is 25.8. The smallest absolute Gasteiger partial charge is 0.214 e. The summed E-state index contributed by atoms with van der Waals surface area (Å²) in [7, 11) is -3.03. The number of nitrogens with zero attached hydrogens (tertiary/aromatic N) is 2. The van der Waals surface area contributed by atoms with Crippen molar-refractivity contribution in [2.24, 2.45) is 5.73 Å². The van der Waals surface area contributed by atoms with Gasteiger partial charge < -0.3 is 5.73 Å². The zero-order chi connectivity index (χ0) is 13.9. The van der Waals surface area contributed by atoms with Crippen LogP contribution in [0, 0.1) is 0 Å². The first-order valence-corrected chi connectivity index (χ1v) is 9.08. The molecule has 0 radical (unpaired) electrons. The largest absolute Gasteiger partial charge is 0.329 e. The predicted octanol–water partition coefficient (Wildman–Crippen LogP) is 0.615. The highest BCUT2D eigenvalue weighted by Gasteiger charge is 2.40. The van der Waals surface area contributed by atoms with Gasteiger partial charge >= 0.3 is 0 Å². The summed E-state index contributed by atoms with van der Waals surface area (Å²) in [4.78, 5) is 2.44. The van der Waals surface area contributed by atoms with Crippen molar-refractivity contribution < 1.29 is 8.42 Å². The quantitative estimate of drug-likeness (QED) is 0.805. The highest BCUT2D eigenvalue weighted by Crippen LogP contribution is 2.35. The van der Waals surface area contributed by atoms with E-state index in [0.29, 0.717) is 26.1 Å². The SMILES string of the molecule is CCCS(=O)(=O)N1CCN(C2(CN)CCCC2)CC1. The summed E-state index contributed by atoms with van der Waals surface area (Å²) in [5.41, 5.74) is 6.15. The average Bonchev–Trinajstić information content (AvgIpc) is 2.89. The first-order valence-electron chi connectivity index (χ1n) is 7.47. The van der Waals surface area contributed by atoms with Crippen LogP contribution in [0.15, 0.2) is 0 Å². The minimum absolute atomic E-state index is 0.153. The van der Waals surface area contributed by atoms with Crippen molar-refractivity contribution in [1.82, 2.24) is 9.21 Å². The van der Waals surface area contributed by atoms with E-state index in [1.807, 2.05) is 6.92 Å². The zero-order valence-corrected chi connectivity index (χ0v) is 12.8. The maximum Gasteiger partial charge on any atom is 0.214 e. The number of nitrogens with two attached hydrogens (primary N) is 1. The molecule has 5 nitrogen and oxygen atoms in total. The number of hydrogen-bond donors (Lipinski definition) is 1. The van der Waals surface area contributed by atoms with Crippen molar-refractivity contribution in [2.45, 2.75) is 44.6 Å². The van der Waals surface area contributed by atoms with Crippen molar-refractivity contribution in [3.8, 4) is 0 Å². The molecule has 0 aromatic carbocycles. The molecule has 19 heavy (non-hydrogen) atoms. The molecule has 0 aromatic rings. The molecule has 2 N–H and O–H groups in total. The summed E-state index contributed by atoms with van der Waals surface area (Å²) in [6.45, 7) is 5.54. The van der Waals surface area contributed by atoms with Gasteiger partial charge in [-0.1, -0.05) is 19.8 Å². The lowest BCUT2D eigenvalue weighted by Crippen LogP contribution is -2.59. The highest BCUT2D eigenvalue weighted by molar-refractivity contribution is 7.89. The van der Waals surface area contributed by atoms with Gasteiger partial charge in [0.05, 0.1) is 5.75 Å². The Kier molecular flexibility index (Phi) is 4.87. The fourth-order valence-electron chi connectivity index (χ4n) is 3.51. The third-order valence-electron chi connectivity index (χ3n) is 4.68. The first kappa shape index (κ1) is 15.2. The Morgan fingerprint density at radius 3 is 2.16 bits per heavy atom. The van der Waals surface area contributed by atoms with Crippen LogP contribution in [-0.2, 0) is 10.0 Å². The Morgan fingerprint density at radius 2 is 1.68 bits per heavy atom. The second kappa shape index (κ2) is 6.08. The van der Waals surface area contributed by atoms with Crippen molar-refractivity contribution in [3.63, 3.8) is 0 Å². The Labute approximate surface area is 117 Å². The summed E-state index contributed by atoms with van der Waals surface area (Å²) in [5, 5.41) is 0. The van der Waals surface area contributed by atoms with E-state index in [1.54, 1.807) is 4.31 Å². The predicted molar refractivity (Wildman–Crippen MR) is 77.5 cm³/mol. The van der Waals surface area contributed by atoms with Gasteiger partial charge in [0.25, 0.3) is 0 Å². The maximum atomic E-state index is 12.0. The van der Waals surface area contributed by atoms with Gasteiger partial charge in [-0.15, -0.1) is 0 Å². The van der Waals surface area contributed by atoms with E-state index in [2.05, 4.69) is 4.90 Å². The van der Waals surface area contributed by atoms with Gasteiger partial charge in [0.15, 0.2) is 0 Å². The third kappa shape index (κ3) is 3.12. The summed E-state index contributed by atoms with van der Waals surface area (Å²) in [6.07, 6.45) is 5.54. The number of sulfonamides is 1. The molecule has 0 aromatic heterocycles. The van der Waals surface area contributed by atoms with Crippen LogP contribution in [0.2, 0.25) is 0 Å². The van der Waals surface area contributed by atoms with Crippen LogP contribution < -0.4 is 5.73 Å². The monoisotopic (exact) mass is 289 g/mol. The molecular formula is C13H27N3O2S. The Balaban J connectivity index is 1.95. The van der Waals surface area contributed by atoms with E-state index in [-0.39, 0.29) is 11.3 Å². The van der Waals surface area contributed by atoms with Gasteiger partial charge in [-0.05, 0) is 19.3 Å². The van der Waals surface area contributed by atoms with Crippen LogP contribution >= 0.6 is 0 Å². The minimum Gasteiger partial charge on any atom is -0.329 e. The summed E-state index contributed by atoms with van der Waals surface area (Å²) >= 11 is 0. The van der Waals surface area contributed by atoms with E-state index in [9.17, 15) is 8.42 Å². The van der Waals surface area contributed by atoms with E-state index < -0.39 is 10.0 Å². The number of hydrogen-bond acceptors (Lipinski definition) is 4. The molecule has 6 heteroatoms. The molecule has 2 aliphatic rings.